The van der Waals surface area contributed by atoms with Gasteiger partial charge in [-0.2, -0.15) is 0 Å². The van der Waals surface area contributed by atoms with Gasteiger partial charge in [0.1, 0.15) is 5.75 Å². The van der Waals surface area contributed by atoms with Gasteiger partial charge < -0.3 is 19.6 Å². The molecule has 1 aliphatic heterocycles. The normalized spacial score (nSPS) is 16.1. The van der Waals surface area contributed by atoms with E-state index in [1.165, 1.54) is 23.5 Å². The predicted octanol–water partition coefficient (Wildman–Crippen LogP) is 4.82. The third-order valence-electron chi connectivity index (χ3n) is 4.58. The van der Waals surface area contributed by atoms with E-state index in [1.807, 2.05) is 0 Å². The molecule has 1 saturated heterocycles. The Morgan fingerprint density at radius 3 is 2.75 bits per heavy atom. The summed E-state index contributed by atoms with van der Waals surface area (Å²) in [5.74, 6) is -0.844. The lowest BCUT2D eigenvalue weighted by atomic mass is 10.1. The zero-order valence-electron chi connectivity index (χ0n) is 14.5. The highest BCUT2D eigenvalue weighted by atomic mass is 35.5. The number of rotatable bonds is 6. The summed E-state index contributed by atoms with van der Waals surface area (Å²) in [6, 6.07) is 6.28. The van der Waals surface area contributed by atoms with E-state index in [0.29, 0.717) is 44.5 Å². The molecule has 146 valence electrons. The average Bonchev–Trinajstić information content (AvgIpc) is 3.01. The maximum absolute atomic E-state index is 12.8. The second-order valence-electron chi connectivity index (χ2n) is 6.36. The van der Waals surface area contributed by atoms with Gasteiger partial charge in [-0.25, -0.2) is 4.79 Å². The number of aromatic amines is 1. The van der Waals surface area contributed by atoms with Crippen LogP contribution in [0.1, 0.15) is 23.2 Å². The van der Waals surface area contributed by atoms with Crippen LogP contribution in [0.15, 0.2) is 29.1 Å². The third-order valence-corrected chi connectivity index (χ3v) is 6.15. The average molecular weight is 440 g/mol. The highest BCUT2D eigenvalue weighted by Gasteiger charge is 2.22. The van der Waals surface area contributed by atoms with Crippen molar-refractivity contribution in [2.75, 3.05) is 13.2 Å². The quantitative estimate of drug-likeness (QED) is 0.574. The molecule has 1 fully saturated rings. The largest absolute Gasteiger partial charge is 0.492 e. The van der Waals surface area contributed by atoms with E-state index in [-0.39, 0.29) is 22.2 Å². The highest BCUT2D eigenvalue weighted by Crippen LogP contribution is 2.39. The van der Waals surface area contributed by atoms with Crippen LogP contribution in [-0.2, 0) is 4.74 Å². The molecular weight excluding hydrogens is 425 g/mol. The number of carboxylic acid groups (broad SMARTS) is 1. The van der Waals surface area contributed by atoms with Crippen molar-refractivity contribution >= 4 is 51.4 Å². The van der Waals surface area contributed by atoms with Crippen LogP contribution in [0.2, 0.25) is 9.36 Å². The molecule has 6 nitrogen and oxygen atoms in total. The van der Waals surface area contributed by atoms with Gasteiger partial charge in [0.25, 0.3) is 5.56 Å². The molecular formula is C19H15Cl2NO5S. The van der Waals surface area contributed by atoms with Crippen LogP contribution in [0, 0.1) is 0 Å². The van der Waals surface area contributed by atoms with Crippen molar-refractivity contribution in [3.8, 4) is 16.2 Å². The molecule has 2 aromatic heterocycles. The molecule has 0 aliphatic carbocycles. The Labute approximate surface area is 173 Å². The number of carboxylic acids is 1. The zero-order valence-corrected chi connectivity index (χ0v) is 16.8. The minimum Gasteiger partial charge on any atom is -0.492 e. The number of H-pyrrole nitrogens is 1. The molecule has 0 amide bonds. The summed E-state index contributed by atoms with van der Waals surface area (Å²) in [5, 5.41) is 9.93. The molecule has 1 aromatic carbocycles. The molecule has 0 unspecified atom stereocenters. The fraction of sp³-hybridized carbons (Fsp3) is 0.263. The SMILES string of the molecule is O=C(O)c1cc2c(OCC[C@@H]3CCO3)c(-c3ccc(Cl)s3)c(=O)[nH]c2cc1Cl. The third kappa shape index (κ3) is 3.63. The van der Waals surface area contributed by atoms with Gasteiger partial charge in [-0.15, -0.1) is 11.3 Å². The number of aromatic nitrogens is 1. The van der Waals surface area contributed by atoms with Crippen LogP contribution in [0.5, 0.6) is 5.75 Å². The Bertz CT molecular complexity index is 1120. The van der Waals surface area contributed by atoms with Gasteiger partial charge in [0.2, 0.25) is 0 Å². The predicted molar refractivity (Wildman–Crippen MR) is 109 cm³/mol. The number of hydrogen-bond acceptors (Lipinski definition) is 5. The fourth-order valence-electron chi connectivity index (χ4n) is 3.08. The van der Waals surface area contributed by atoms with E-state index < -0.39 is 5.97 Å². The maximum Gasteiger partial charge on any atom is 0.337 e. The molecule has 0 saturated carbocycles. The molecule has 4 rings (SSSR count). The monoisotopic (exact) mass is 439 g/mol. The molecule has 1 aliphatic rings. The van der Waals surface area contributed by atoms with Crippen LogP contribution < -0.4 is 10.3 Å². The number of hydrogen-bond donors (Lipinski definition) is 2. The highest BCUT2D eigenvalue weighted by molar-refractivity contribution is 7.19. The summed E-state index contributed by atoms with van der Waals surface area (Å²) in [7, 11) is 0. The van der Waals surface area contributed by atoms with E-state index >= 15 is 0 Å². The van der Waals surface area contributed by atoms with Gasteiger partial charge in [-0.05, 0) is 30.7 Å². The van der Waals surface area contributed by atoms with E-state index in [4.69, 9.17) is 32.7 Å². The van der Waals surface area contributed by atoms with Crippen molar-refractivity contribution in [1.82, 2.24) is 4.98 Å². The van der Waals surface area contributed by atoms with Gasteiger partial charge in [-0.1, -0.05) is 23.2 Å². The number of nitrogens with one attached hydrogen (secondary N) is 1. The first-order chi connectivity index (χ1) is 13.4. The maximum atomic E-state index is 12.8. The van der Waals surface area contributed by atoms with Crippen molar-refractivity contribution in [1.29, 1.82) is 0 Å². The summed E-state index contributed by atoms with van der Waals surface area (Å²) in [6.07, 6.45) is 1.81. The second-order valence-corrected chi connectivity index (χ2v) is 8.49. The minimum atomic E-state index is -1.16. The minimum absolute atomic E-state index is 0.0383. The Hall–Kier alpha value is -2.06. The van der Waals surface area contributed by atoms with Gasteiger partial charge in [0.15, 0.2) is 0 Å². The molecule has 1 atom stereocenters. The molecule has 2 N–H and O–H groups in total. The smallest absolute Gasteiger partial charge is 0.337 e. The van der Waals surface area contributed by atoms with E-state index in [1.54, 1.807) is 12.1 Å². The molecule has 28 heavy (non-hydrogen) atoms. The Morgan fingerprint density at radius 1 is 1.36 bits per heavy atom. The van der Waals surface area contributed by atoms with Gasteiger partial charge in [0.05, 0.1) is 38.7 Å². The van der Waals surface area contributed by atoms with Gasteiger partial charge in [-0.3, -0.25) is 4.79 Å². The standard InChI is InChI=1S/C19H15Cl2NO5S/c20-12-8-13-11(7-10(12)19(24)25)17(27-6-4-9-3-5-26-9)16(18(23)22-13)14-1-2-15(21)28-14/h1-2,7-9H,3-6H2,(H,22,23)(H,24,25)/t9-/m0/s1. The molecule has 0 radical (unpaired) electrons. The second kappa shape index (κ2) is 7.75. The van der Waals surface area contributed by atoms with Gasteiger partial charge in [0, 0.05) is 23.3 Å². The summed E-state index contributed by atoms with van der Waals surface area (Å²) in [5.41, 5.74) is 0.294. The Balaban J connectivity index is 1.87. The van der Waals surface area contributed by atoms with Crippen molar-refractivity contribution in [2.24, 2.45) is 0 Å². The lowest BCUT2D eigenvalue weighted by molar-refractivity contribution is -0.0595. The summed E-state index contributed by atoms with van der Waals surface area (Å²) < 4.78 is 11.9. The van der Waals surface area contributed by atoms with Crippen molar-refractivity contribution in [3.63, 3.8) is 0 Å². The number of thiophene rings is 1. The van der Waals surface area contributed by atoms with E-state index in [2.05, 4.69) is 4.98 Å². The summed E-state index contributed by atoms with van der Waals surface area (Å²) in [6.45, 7) is 1.08. The first-order valence-electron chi connectivity index (χ1n) is 8.57. The van der Waals surface area contributed by atoms with Crippen molar-refractivity contribution in [3.05, 3.63) is 49.5 Å². The van der Waals surface area contributed by atoms with Crippen molar-refractivity contribution in [2.45, 2.75) is 18.9 Å². The number of benzene rings is 1. The first-order valence-corrected chi connectivity index (χ1v) is 10.1. The van der Waals surface area contributed by atoms with E-state index in [9.17, 15) is 14.7 Å². The van der Waals surface area contributed by atoms with Crippen LogP contribution in [-0.4, -0.2) is 35.4 Å². The van der Waals surface area contributed by atoms with Crippen LogP contribution in [0.4, 0.5) is 0 Å². The number of halogens is 2. The number of ether oxygens (including phenoxy) is 2. The number of fused-ring (bicyclic) bond motifs is 1. The summed E-state index contributed by atoms with van der Waals surface area (Å²) in [4.78, 5) is 27.7. The van der Waals surface area contributed by atoms with Crippen LogP contribution >= 0.6 is 34.5 Å². The first kappa shape index (κ1) is 19.3. The van der Waals surface area contributed by atoms with Crippen molar-refractivity contribution < 1.29 is 19.4 Å². The number of aromatic carboxylic acids is 1. The van der Waals surface area contributed by atoms with Crippen LogP contribution in [0.3, 0.4) is 0 Å². The lowest BCUT2D eigenvalue weighted by Gasteiger charge is -2.26. The Morgan fingerprint density at radius 2 is 2.14 bits per heavy atom. The molecule has 3 aromatic rings. The van der Waals surface area contributed by atoms with Crippen LogP contribution in [0.25, 0.3) is 21.3 Å². The Kier molecular flexibility index (Phi) is 5.33. The number of carbonyl (C=O) groups is 1. The fourth-order valence-corrected chi connectivity index (χ4v) is 4.40. The number of pyridine rings is 1. The van der Waals surface area contributed by atoms with Gasteiger partial charge >= 0.3 is 5.97 Å². The zero-order chi connectivity index (χ0) is 19.8. The molecule has 0 spiro atoms. The lowest BCUT2D eigenvalue weighted by Crippen LogP contribution is -2.28. The van der Waals surface area contributed by atoms with E-state index in [0.717, 1.165) is 13.0 Å². The topological polar surface area (TPSA) is 88.6 Å². The molecule has 3 heterocycles. The summed E-state index contributed by atoms with van der Waals surface area (Å²) >= 11 is 13.4. The molecule has 9 heteroatoms. The molecule has 0 bridgehead atoms.